The highest BCUT2D eigenvalue weighted by atomic mass is 19.4. The molecule has 0 saturated heterocycles. The van der Waals surface area contributed by atoms with E-state index in [1.54, 1.807) is 14.0 Å². The van der Waals surface area contributed by atoms with Crippen LogP contribution in [0.1, 0.15) is 24.2 Å². The van der Waals surface area contributed by atoms with Crippen LogP contribution in [0.25, 0.3) is 10.9 Å². The highest BCUT2D eigenvalue weighted by Crippen LogP contribution is 2.33. The molecule has 0 bridgehead atoms. The minimum atomic E-state index is -4.50. The molecule has 2 aromatic heterocycles. The Bertz CT molecular complexity index is 931. The first-order valence-corrected chi connectivity index (χ1v) is 7.12. The second-order valence-corrected chi connectivity index (χ2v) is 5.28. The number of anilines is 1. The molecule has 2 heterocycles. The first-order valence-electron chi connectivity index (χ1n) is 7.12. The molecule has 126 valence electrons. The zero-order valence-corrected chi connectivity index (χ0v) is 12.8. The van der Waals surface area contributed by atoms with Crippen LogP contribution in [0.3, 0.4) is 0 Å². The summed E-state index contributed by atoms with van der Waals surface area (Å²) in [6, 6.07) is 2.70. The second-order valence-electron chi connectivity index (χ2n) is 5.28. The maximum Gasteiger partial charge on any atom is 0.416 e. The average molecular weight is 337 g/mol. The van der Waals surface area contributed by atoms with Crippen molar-refractivity contribution in [3.63, 3.8) is 0 Å². The number of alkyl halides is 3. The molecule has 0 spiro atoms. The van der Waals surface area contributed by atoms with Gasteiger partial charge >= 0.3 is 11.9 Å². The zero-order valence-electron chi connectivity index (χ0n) is 12.8. The Labute approximate surface area is 134 Å². The summed E-state index contributed by atoms with van der Waals surface area (Å²) in [4.78, 5) is 23.1. The quantitative estimate of drug-likeness (QED) is 0.771. The van der Waals surface area contributed by atoms with E-state index in [4.69, 9.17) is 0 Å². The molecule has 0 aliphatic rings. The van der Waals surface area contributed by atoms with E-state index in [-0.39, 0.29) is 11.3 Å². The highest BCUT2D eigenvalue weighted by molar-refractivity contribution is 5.90. The lowest BCUT2D eigenvalue weighted by Crippen LogP contribution is -2.28. The molecule has 0 saturated carbocycles. The fraction of sp³-hybridized carbons (Fsp3) is 0.267. The number of halogens is 3. The Morgan fingerprint density at radius 1 is 1.33 bits per heavy atom. The first kappa shape index (κ1) is 16.0. The van der Waals surface area contributed by atoms with Crippen molar-refractivity contribution in [1.82, 2.24) is 19.5 Å². The molecule has 3 aromatic rings. The monoisotopic (exact) mass is 337 g/mol. The van der Waals surface area contributed by atoms with Crippen molar-refractivity contribution in [2.24, 2.45) is 0 Å². The van der Waals surface area contributed by atoms with Crippen molar-refractivity contribution in [3.05, 3.63) is 52.5 Å². The van der Waals surface area contributed by atoms with Crippen molar-refractivity contribution in [2.45, 2.75) is 19.1 Å². The number of nitrogens with one attached hydrogen (secondary N) is 2. The molecule has 1 aromatic carbocycles. The van der Waals surface area contributed by atoms with Gasteiger partial charge in [0, 0.05) is 12.4 Å². The van der Waals surface area contributed by atoms with Gasteiger partial charge in [0.05, 0.1) is 35.3 Å². The summed E-state index contributed by atoms with van der Waals surface area (Å²) in [5.74, 6) is 0.233. The molecular formula is C15H14F3N5O. The molecule has 0 aliphatic heterocycles. The summed E-state index contributed by atoms with van der Waals surface area (Å²) in [7, 11) is 1.56. The van der Waals surface area contributed by atoms with Crippen molar-refractivity contribution in [1.29, 1.82) is 0 Å². The number of benzene rings is 1. The van der Waals surface area contributed by atoms with Crippen molar-refractivity contribution >= 4 is 16.7 Å². The number of aromatic amines is 1. The van der Waals surface area contributed by atoms with Crippen LogP contribution in [-0.4, -0.2) is 26.6 Å². The smallest absolute Gasteiger partial charge is 0.372 e. The summed E-state index contributed by atoms with van der Waals surface area (Å²) in [6.07, 6.45) is -1.55. The van der Waals surface area contributed by atoms with E-state index in [0.717, 1.165) is 12.1 Å². The molecule has 0 unspecified atom stereocenters. The lowest BCUT2D eigenvalue weighted by molar-refractivity contribution is -0.137. The molecule has 0 aliphatic carbocycles. The summed E-state index contributed by atoms with van der Waals surface area (Å²) in [5.41, 5.74) is -0.729. The SMILES string of the molecule is CNc1nc(=O)n([C@H](C)c2cnc[nH]2)c2cc(C(F)(F)F)ccc12. The van der Waals surface area contributed by atoms with E-state index < -0.39 is 23.5 Å². The topological polar surface area (TPSA) is 75.6 Å². The molecule has 0 radical (unpaired) electrons. The number of rotatable bonds is 3. The van der Waals surface area contributed by atoms with E-state index in [2.05, 4.69) is 20.3 Å². The maximum atomic E-state index is 13.1. The third kappa shape index (κ3) is 2.61. The largest absolute Gasteiger partial charge is 0.416 e. The average Bonchev–Trinajstić information content (AvgIpc) is 3.06. The Kier molecular flexibility index (Phi) is 3.78. The predicted molar refractivity (Wildman–Crippen MR) is 83.0 cm³/mol. The van der Waals surface area contributed by atoms with Gasteiger partial charge in [-0.1, -0.05) is 0 Å². The van der Waals surface area contributed by atoms with E-state index in [1.165, 1.54) is 23.2 Å². The van der Waals surface area contributed by atoms with Gasteiger partial charge in [-0.05, 0) is 25.1 Å². The van der Waals surface area contributed by atoms with Crippen molar-refractivity contribution in [3.8, 4) is 0 Å². The van der Waals surface area contributed by atoms with Crippen LogP contribution in [0.4, 0.5) is 19.0 Å². The maximum absolute atomic E-state index is 13.1. The summed E-state index contributed by atoms with van der Waals surface area (Å²) >= 11 is 0. The van der Waals surface area contributed by atoms with Crippen molar-refractivity contribution in [2.75, 3.05) is 12.4 Å². The minimum Gasteiger partial charge on any atom is -0.372 e. The number of aromatic nitrogens is 4. The number of hydrogen-bond donors (Lipinski definition) is 2. The molecule has 3 rings (SSSR count). The third-order valence-electron chi connectivity index (χ3n) is 3.85. The number of nitrogens with zero attached hydrogens (tertiary/aromatic N) is 3. The Balaban J connectivity index is 2.34. The van der Waals surface area contributed by atoms with Crippen LogP contribution < -0.4 is 11.0 Å². The Hall–Kier alpha value is -2.84. The normalized spacial score (nSPS) is 13.2. The Morgan fingerprint density at radius 3 is 2.67 bits per heavy atom. The van der Waals surface area contributed by atoms with Crippen LogP contribution >= 0.6 is 0 Å². The molecule has 6 nitrogen and oxygen atoms in total. The second kappa shape index (κ2) is 5.66. The highest BCUT2D eigenvalue weighted by Gasteiger charge is 2.31. The van der Waals surface area contributed by atoms with Gasteiger partial charge in [0.15, 0.2) is 0 Å². The number of H-pyrrole nitrogens is 1. The lowest BCUT2D eigenvalue weighted by atomic mass is 10.1. The molecule has 9 heteroatoms. The predicted octanol–water partition coefficient (Wildman–Crippen LogP) is 2.79. The third-order valence-corrected chi connectivity index (χ3v) is 3.85. The molecule has 24 heavy (non-hydrogen) atoms. The first-order chi connectivity index (χ1) is 11.3. The summed E-state index contributed by atoms with van der Waals surface area (Å²) in [5, 5.41) is 3.17. The minimum absolute atomic E-state index is 0.149. The lowest BCUT2D eigenvalue weighted by Gasteiger charge is -2.18. The molecule has 0 fully saturated rings. The van der Waals surface area contributed by atoms with Gasteiger partial charge in [0.1, 0.15) is 5.82 Å². The van der Waals surface area contributed by atoms with E-state index in [0.29, 0.717) is 11.1 Å². The van der Waals surface area contributed by atoms with Crippen LogP contribution in [0.15, 0.2) is 35.5 Å². The van der Waals surface area contributed by atoms with E-state index in [9.17, 15) is 18.0 Å². The number of fused-ring (bicyclic) bond motifs is 1. The van der Waals surface area contributed by atoms with Gasteiger partial charge < -0.3 is 10.3 Å². The molecular weight excluding hydrogens is 323 g/mol. The Morgan fingerprint density at radius 2 is 2.08 bits per heavy atom. The van der Waals surface area contributed by atoms with Gasteiger partial charge in [-0.25, -0.2) is 9.78 Å². The summed E-state index contributed by atoms with van der Waals surface area (Å²) in [6.45, 7) is 1.69. The number of hydrogen-bond acceptors (Lipinski definition) is 4. The standard InChI is InChI=1S/C15H14F3N5O/c1-8(11-6-20-7-21-11)23-12-5-9(15(16,17)18)3-4-10(12)13(19-2)22-14(23)24/h3-8H,1-2H3,(H,20,21)(H,19,22,24)/t8-/m1/s1. The molecule has 0 amide bonds. The van der Waals surface area contributed by atoms with Crippen LogP contribution in [0, 0.1) is 0 Å². The zero-order chi connectivity index (χ0) is 17.5. The molecule has 1 atom stereocenters. The molecule has 2 N–H and O–H groups in total. The van der Waals surface area contributed by atoms with Gasteiger partial charge in [-0.3, -0.25) is 4.57 Å². The fourth-order valence-corrected chi connectivity index (χ4v) is 2.62. The van der Waals surface area contributed by atoms with Crippen LogP contribution in [0.5, 0.6) is 0 Å². The van der Waals surface area contributed by atoms with Crippen molar-refractivity contribution < 1.29 is 13.2 Å². The summed E-state index contributed by atoms with van der Waals surface area (Å²) < 4.78 is 40.4. The van der Waals surface area contributed by atoms with E-state index >= 15 is 0 Å². The van der Waals surface area contributed by atoms with Gasteiger partial charge in [-0.2, -0.15) is 18.2 Å². The fourth-order valence-electron chi connectivity index (χ4n) is 2.62. The van der Waals surface area contributed by atoms with Crippen LogP contribution in [0.2, 0.25) is 0 Å². The van der Waals surface area contributed by atoms with Gasteiger partial charge in [-0.15, -0.1) is 0 Å². The number of imidazole rings is 1. The van der Waals surface area contributed by atoms with Gasteiger partial charge in [0.2, 0.25) is 0 Å². The van der Waals surface area contributed by atoms with Gasteiger partial charge in [0.25, 0.3) is 0 Å². The van der Waals surface area contributed by atoms with E-state index in [1.807, 2.05) is 0 Å². The van der Waals surface area contributed by atoms with Crippen LogP contribution in [-0.2, 0) is 6.18 Å².